The van der Waals surface area contributed by atoms with Crippen molar-refractivity contribution in [1.29, 1.82) is 5.26 Å². The van der Waals surface area contributed by atoms with Gasteiger partial charge in [0, 0.05) is 30.2 Å². The van der Waals surface area contributed by atoms with Gasteiger partial charge in [0.15, 0.2) is 0 Å². The highest BCUT2D eigenvalue weighted by atomic mass is 16.1. The number of nitriles is 1. The van der Waals surface area contributed by atoms with Crippen LogP contribution in [0.5, 0.6) is 0 Å². The van der Waals surface area contributed by atoms with E-state index in [4.69, 9.17) is 17.4 Å². The molecule has 190 valence electrons. The molecule has 0 aromatic carbocycles. The molecule has 3 N–H and O–H groups in total. The number of fused-ring (bicyclic) bond motifs is 1. The topological polar surface area (TPSA) is 88.6 Å². The fourth-order valence-corrected chi connectivity index (χ4v) is 4.60. The Bertz CT molecular complexity index is 636. The van der Waals surface area contributed by atoms with Crippen molar-refractivity contribution >= 4 is 5.91 Å². The lowest BCUT2D eigenvalue weighted by Crippen LogP contribution is -2.54. The van der Waals surface area contributed by atoms with Crippen molar-refractivity contribution in [1.82, 2.24) is 20.0 Å². The van der Waals surface area contributed by atoms with Crippen LogP contribution in [0.1, 0.15) is 68.7 Å². The number of nitrogens with zero attached hydrogens (tertiary/aromatic N) is 4. The summed E-state index contributed by atoms with van der Waals surface area (Å²) < 4.78 is 0. The second-order valence-electron chi connectivity index (χ2n) is 10.0. The first-order valence-corrected chi connectivity index (χ1v) is 12.4. The van der Waals surface area contributed by atoms with Gasteiger partial charge in [-0.2, -0.15) is 5.26 Å². The van der Waals surface area contributed by atoms with Crippen LogP contribution in [0.2, 0.25) is 0 Å². The maximum absolute atomic E-state index is 10.8. The summed E-state index contributed by atoms with van der Waals surface area (Å²) in [6.45, 7) is 21.1. The lowest BCUT2D eigenvalue weighted by atomic mass is 9.79. The summed E-state index contributed by atoms with van der Waals surface area (Å²) in [5, 5.41) is 12.0. The zero-order chi connectivity index (χ0) is 25.9. The number of amides is 1. The van der Waals surface area contributed by atoms with Gasteiger partial charge in [0.05, 0.1) is 24.7 Å². The number of hydrogen-bond donors (Lipinski definition) is 2. The van der Waals surface area contributed by atoms with Crippen molar-refractivity contribution in [3.05, 3.63) is 0 Å². The summed E-state index contributed by atoms with van der Waals surface area (Å²) in [5.41, 5.74) is 5.17. The van der Waals surface area contributed by atoms with Gasteiger partial charge in [0.25, 0.3) is 0 Å². The molecule has 2 heterocycles. The predicted octanol–water partition coefficient (Wildman–Crippen LogP) is 2.52. The minimum Gasteiger partial charge on any atom is -0.368 e. The Morgan fingerprint density at radius 1 is 1.09 bits per heavy atom. The van der Waals surface area contributed by atoms with Gasteiger partial charge in [0.2, 0.25) is 5.91 Å². The molecule has 3 aliphatic rings. The average Bonchev–Trinajstić information content (AvgIpc) is 3.37. The van der Waals surface area contributed by atoms with E-state index in [-0.39, 0.29) is 18.0 Å². The predicted molar refractivity (Wildman–Crippen MR) is 139 cm³/mol. The molecule has 0 aromatic rings. The number of rotatable bonds is 9. The number of carbonyl (C=O) groups is 1. The van der Waals surface area contributed by atoms with E-state index < -0.39 is 0 Å². The SMILES string of the molecule is C#CC(C)N(CC#N)C(C)C.CC(C)N(C)C1C2CNC1C2.CCN(C(C)C)C(C)C(N)=O. The molecule has 5 atom stereocenters. The van der Waals surface area contributed by atoms with Crippen LogP contribution < -0.4 is 11.1 Å². The smallest absolute Gasteiger partial charge is 0.234 e. The van der Waals surface area contributed by atoms with Crippen LogP contribution in [-0.2, 0) is 4.79 Å². The molecule has 7 nitrogen and oxygen atoms in total. The van der Waals surface area contributed by atoms with Crippen molar-refractivity contribution in [3.63, 3.8) is 0 Å². The van der Waals surface area contributed by atoms with Crippen LogP contribution in [0.4, 0.5) is 0 Å². The molecule has 3 rings (SSSR count). The van der Waals surface area contributed by atoms with Crippen LogP contribution in [0.25, 0.3) is 0 Å². The van der Waals surface area contributed by atoms with Gasteiger partial charge in [0.1, 0.15) is 0 Å². The Morgan fingerprint density at radius 2 is 1.64 bits per heavy atom. The molecule has 0 radical (unpaired) electrons. The summed E-state index contributed by atoms with van der Waals surface area (Å²) in [6.07, 6.45) is 6.66. The number of primary amides is 1. The minimum absolute atomic E-state index is 0.0506. The fourth-order valence-electron chi connectivity index (χ4n) is 4.60. The van der Waals surface area contributed by atoms with E-state index in [0.29, 0.717) is 24.7 Å². The van der Waals surface area contributed by atoms with Gasteiger partial charge in [-0.1, -0.05) is 12.8 Å². The van der Waals surface area contributed by atoms with Crippen molar-refractivity contribution in [2.24, 2.45) is 11.7 Å². The van der Waals surface area contributed by atoms with Crippen molar-refractivity contribution < 1.29 is 4.79 Å². The van der Waals surface area contributed by atoms with Gasteiger partial charge in [-0.25, -0.2) is 0 Å². The molecular formula is C26H50N6O. The quantitative estimate of drug-likeness (QED) is 0.404. The van der Waals surface area contributed by atoms with E-state index in [2.05, 4.69) is 61.8 Å². The molecule has 3 fully saturated rings. The van der Waals surface area contributed by atoms with E-state index in [0.717, 1.165) is 24.5 Å². The molecule has 5 unspecified atom stereocenters. The standard InChI is InChI=1S/C9H18N2.C9H14N2.C8H18N2O/c1-6(2)11(3)9-7-4-8(9)10-5-7;1-5-9(4)11(7-6-10)8(2)3;1-5-10(6(2)3)7(4)8(9)11/h6-10H,4-5H2,1-3H3;1,8-9H,7H2,2-4H3;6-7H,5H2,1-4H3,(H2,9,11). The number of nitrogens with one attached hydrogen (secondary N) is 1. The summed E-state index contributed by atoms with van der Waals surface area (Å²) in [7, 11) is 2.25. The first-order valence-electron chi connectivity index (χ1n) is 12.4. The molecule has 1 aliphatic carbocycles. The Labute approximate surface area is 204 Å². The summed E-state index contributed by atoms with van der Waals surface area (Å²) in [6, 6.07) is 5.06. The minimum atomic E-state index is -0.249. The largest absolute Gasteiger partial charge is 0.368 e. The van der Waals surface area contributed by atoms with Gasteiger partial charge in [-0.15, -0.1) is 6.42 Å². The van der Waals surface area contributed by atoms with Crippen LogP contribution in [0.15, 0.2) is 0 Å². The number of terminal acetylenes is 1. The van der Waals surface area contributed by atoms with Crippen LogP contribution in [-0.4, -0.2) is 89.6 Å². The monoisotopic (exact) mass is 462 g/mol. The van der Waals surface area contributed by atoms with Crippen LogP contribution >= 0.6 is 0 Å². The molecule has 7 heteroatoms. The van der Waals surface area contributed by atoms with Crippen molar-refractivity contribution in [2.75, 3.05) is 26.7 Å². The van der Waals surface area contributed by atoms with Gasteiger partial charge >= 0.3 is 0 Å². The second-order valence-corrected chi connectivity index (χ2v) is 10.0. The van der Waals surface area contributed by atoms with Gasteiger partial charge < -0.3 is 11.1 Å². The normalized spacial score (nSPS) is 22.8. The highest BCUT2D eigenvalue weighted by Gasteiger charge is 2.48. The average molecular weight is 463 g/mol. The third-order valence-electron chi connectivity index (χ3n) is 6.97. The Morgan fingerprint density at radius 3 is 1.88 bits per heavy atom. The summed E-state index contributed by atoms with van der Waals surface area (Å²) in [5.74, 6) is 3.31. The Hall–Kier alpha value is -1.64. The van der Waals surface area contributed by atoms with Crippen LogP contribution in [0.3, 0.4) is 0 Å². The maximum Gasteiger partial charge on any atom is 0.234 e. The fraction of sp³-hybridized carbons (Fsp3) is 0.846. The molecule has 2 saturated heterocycles. The van der Waals surface area contributed by atoms with E-state index in [9.17, 15) is 4.79 Å². The highest BCUT2D eigenvalue weighted by molar-refractivity contribution is 5.79. The van der Waals surface area contributed by atoms with Crippen molar-refractivity contribution in [2.45, 2.75) is 111 Å². The van der Waals surface area contributed by atoms with E-state index in [1.54, 1.807) is 0 Å². The molecule has 1 saturated carbocycles. The number of carbonyl (C=O) groups excluding carboxylic acids is 1. The first kappa shape index (κ1) is 31.4. The zero-order valence-corrected chi connectivity index (χ0v) is 22.8. The first-order chi connectivity index (χ1) is 15.3. The molecule has 2 bridgehead atoms. The molecular weight excluding hydrogens is 412 g/mol. The van der Waals surface area contributed by atoms with E-state index in [1.807, 2.05) is 39.5 Å². The number of nitrogens with two attached hydrogens (primary N) is 1. The molecule has 0 aromatic heterocycles. The van der Waals surface area contributed by atoms with Crippen molar-refractivity contribution in [3.8, 4) is 18.4 Å². The number of likely N-dealkylation sites (N-methyl/N-ethyl adjacent to an activating group) is 2. The van der Waals surface area contributed by atoms with E-state index >= 15 is 0 Å². The van der Waals surface area contributed by atoms with Gasteiger partial charge in [-0.3, -0.25) is 19.5 Å². The lowest BCUT2D eigenvalue weighted by Gasteiger charge is -2.43. The lowest BCUT2D eigenvalue weighted by molar-refractivity contribution is -0.123. The highest BCUT2D eigenvalue weighted by Crippen LogP contribution is 2.37. The van der Waals surface area contributed by atoms with Crippen LogP contribution in [0, 0.1) is 29.6 Å². The summed E-state index contributed by atoms with van der Waals surface area (Å²) in [4.78, 5) is 17.3. The third kappa shape index (κ3) is 9.63. The van der Waals surface area contributed by atoms with E-state index in [1.165, 1.54) is 13.0 Å². The molecule has 0 spiro atoms. The second kappa shape index (κ2) is 15.3. The summed E-state index contributed by atoms with van der Waals surface area (Å²) >= 11 is 0. The molecule has 2 aliphatic heterocycles. The maximum atomic E-state index is 10.8. The Kier molecular flexibility index (Phi) is 14.5. The van der Waals surface area contributed by atoms with Gasteiger partial charge in [-0.05, 0) is 87.9 Å². The zero-order valence-electron chi connectivity index (χ0n) is 22.8. The Balaban J connectivity index is 0.000000465. The molecule has 1 amide bonds. The third-order valence-corrected chi connectivity index (χ3v) is 6.97. The number of hydrogen-bond acceptors (Lipinski definition) is 6. The molecule has 33 heavy (non-hydrogen) atoms.